The fourth-order valence-electron chi connectivity index (χ4n) is 2.01. The van der Waals surface area contributed by atoms with E-state index in [-0.39, 0.29) is 5.91 Å². The molecule has 0 fully saturated rings. The molecule has 1 N–H and O–H groups in total. The van der Waals surface area contributed by atoms with Crippen LogP contribution in [0.1, 0.15) is 10.4 Å². The van der Waals surface area contributed by atoms with Crippen LogP contribution < -0.4 is 14.8 Å². The van der Waals surface area contributed by atoms with Crippen LogP contribution in [-0.4, -0.2) is 19.1 Å². The Balaban J connectivity index is 1.86. The zero-order valence-electron chi connectivity index (χ0n) is 10.9. The number of carbonyl (C=O) groups excluding carboxylic acids is 1. The normalized spacial score (nSPS) is 12.9. The van der Waals surface area contributed by atoms with Crippen molar-refractivity contribution in [3.8, 4) is 11.5 Å². The Kier molecular flexibility index (Phi) is 4.03. The van der Waals surface area contributed by atoms with Crippen molar-refractivity contribution in [2.45, 2.75) is 0 Å². The lowest BCUT2D eigenvalue weighted by molar-refractivity contribution is 0.102. The third kappa shape index (κ3) is 3.14. The minimum absolute atomic E-state index is 0.257. The molecule has 0 radical (unpaired) electrons. The Morgan fingerprint density at radius 2 is 2.00 bits per heavy atom. The number of halogens is 2. The van der Waals surface area contributed by atoms with Crippen molar-refractivity contribution in [2.75, 3.05) is 18.5 Å². The minimum atomic E-state index is -0.257. The number of nitrogens with one attached hydrogen (secondary N) is 1. The zero-order chi connectivity index (χ0) is 14.8. The van der Waals surface area contributed by atoms with Gasteiger partial charge in [-0.3, -0.25) is 4.79 Å². The Morgan fingerprint density at radius 1 is 1.19 bits per heavy atom. The molecule has 0 bridgehead atoms. The first-order valence-electron chi connectivity index (χ1n) is 6.29. The van der Waals surface area contributed by atoms with E-state index in [4.69, 9.17) is 21.1 Å². The van der Waals surface area contributed by atoms with Gasteiger partial charge in [0.1, 0.15) is 13.2 Å². The third-order valence-electron chi connectivity index (χ3n) is 2.94. The van der Waals surface area contributed by atoms with Crippen LogP contribution in [0.2, 0.25) is 5.02 Å². The van der Waals surface area contributed by atoms with Gasteiger partial charge >= 0.3 is 0 Å². The molecule has 0 unspecified atom stereocenters. The summed E-state index contributed by atoms with van der Waals surface area (Å²) < 4.78 is 11.8. The highest BCUT2D eigenvalue weighted by Crippen LogP contribution is 2.38. The van der Waals surface area contributed by atoms with E-state index in [2.05, 4.69) is 21.2 Å². The van der Waals surface area contributed by atoms with Crippen molar-refractivity contribution in [2.24, 2.45) is 0 Å². The first-order chi connectivity index (χ1) is 10.1. The predicted molar refractivity (Wildman–Crippen MR) is 84.5 cm³/mol. The highest BCUT2D eigenvalue weighted by Gasteiger charge is 2.19. The monoisotopic (exact) mass is 367 g/mol. The molecule has 1 aliphatic rings. The summed E-state index contributed by atoms with van der Waals surface area (Å²) in [5.41, 5.74) is 1.12. The van der Waals surface area contributed by atoms with Gasteiger partial charge in [-0.25, -0.2) is 0 Å². The van der Waals surface area contributed by atoms with Crippen molar-refractivity contribution in [3.05, 3.63) is 51.5 Å². The second kappa shape index (κ2) is 5.95. The van der Waals surface area contributed by atoms with Crippen LogP contribution >= 0.6 is 27.5 Å². The predicted octanol–water partition coefficient (Wildman–Crippen LogP) is 4.13. The Labute approximate surface area is 135 Å². The molecule has 1 heterocycles. The molecule has 0 saturated heterocycles. The smallest absolute Gasteiger partial charge is 0.255 e. The quantitative estimate of drug-likeness (QED) is 0.867. The van der Waals surface area contributed by atoms with E-state index in [1.54, 1.807) is 12.1 Å². The van der Waals surface area contributed by atoms with Gasteiger partial charge in [0.2, 0.25) is 0 Å². The van der Waals surface area contributed by atoms with Gasteiger partial charge in [0.25, 0.3) is 5.91 Å². The molecule has 2 aromatic carbocycles. The Bertz CT molecular complexity index is 705. The van der Waals surface area contributed by atoms with E-state index in [0.29, 0.717) is 41.0 Å². The first-order valence-corrected chi connectivity index (χ1v) is 7.46. The molecule has 1 aliphatic heterocycles. The lowest BCUT2D eigenvalue weighted by Crippen LogP contribution is -2.17. The van der Waals surface area contributed by atoms with E-state index in [1.807, 2.05) is 24.3 Å². The Morgan fingerprint density at radius 3 is 2.81 bits per heavy atom. The SMILES string of the molecule is O=C(Nc1cccc(Br)c1)c1cc(Cl)c2c(c1)OCCO2. The van der Waals surface area contributed by atoms with Gasteiger partial charge in [0, 0.05) is 15.7 Å². The number of benzene rings is 2. The van der Waals surface area contributed by atoms with Gasteiger partial charge in [-0.05, 0) is 30.3 Å². The summed E-state index contributed by atoms with van der Waals surface area (Å²) >= 11 is 9.49. The molecule has 3 rings (SSSR count). The highest BCUT2D eigenvalue weighted by molar-refractivity contribution is 9.10. The molecule has 6 heteroatoms. The van der Waals surface area contributed by atoms with Crippen LogP contribution in [0.5, 0.6) is 11.5 Å². The summed E-state index contributed by atoms with van der Waals surface area (Å²) in [5, 5.41) is 3.18. The lowest BCUT2D eigenvalue weighted by Gasteiger charge is -2.20. The number of ether oxygens (including phenoxy) is 2. The second-order valence-electron chi connectivity index (χ2n) is 4.45. The summed E-state index contributed by atoms with van der Waals surface area (Å²) in [6.45, 7) is 0.899. The van der Waals surface area contributed by atoms with Crippen molar-refractivity contribution in [1.29, 1.82) is 0 Å². The molecule has 2 aromatic rings. The number of rotatable bonds is 2. The van der Waals surface area contributed by atoms with E-state index >= 15 is 0 Å². The van der Waals surface area contributed by atoms with Gasteiger partial charge in [0.05, 0.1) is 5.02 Å². The van der Waals surface area contributed by atoms with Crippen LogP contribution in [0, 0.1) is 0 Å². The zero-order valence-corrected chi connectivity index (χ0v) is 13.2. The van der Waals surface area contributed by atoms with Crippen LogP contribution in [0.25, 0.3) is 0 Å². The number of hydrogen-bond donors (Lipinski definition) is 1. The molecule has 1 amide bonds. The van der Waals surface area contributed by atoms with Crippen LogP contribution in [0.15, 0.2) is 40.9 Å². The van der Waals surface area contributed by atoms with Gasteiger partial charge in [-0.15, -0.1) is 0 Å². The fraction of sp³-hybridized carbons (Fsp3) is 0.133. The molecule has 4 nitrogen and oxygen atoms in total. The van der Waals surface area contributed by atoms with Crippen molar-refractivity contribution in [1.82, 2.24) is 0 Å². The summed E-state index contributed by atoms with van der Waals surface area (Å²) in [6.07, 6.45) is 0. The molecule has 108 valence electrons. The lowest BCUT2D eigenvalue weighted by atomic mass is 10.1. The topological polar surface area (TPSA) is 47.6 Å². The molecule has 0 aliphatic carbocycles. The molecule has 0 atom stereocenters. The average Bonchev–Trinajstić information content (AvgIpc) is 2.47. The molecular weight excluding hydrogens is 358 g/mol. The minimum Gasteiger partial charge on any atom is -0.486 e. The van der Waals surface area contributed by atoms with Crippen molar-refractivity contribution < 1.29 is 14.3 Å². The van der Waals surface area contributed by atoms with Crippen LogP contribution in [0.4, 0.5) is 5.69 Å². The summed E-state index contributed by atoms with van der Waals surface area (Å²) in [4.78, 5) is 12.3. The number of fused-ring (bicyclic) bond motifs is 1. The summed E-state index contributed by atoms with van der Waals surface area (Å²) in [6, 6.07) is 10.6. The van der Waals surface area contributed by atoms with Gasteiger partial charge in [0.15, 0.2) is 11.5 Å². The van der Waals surface area contributed by atoms with E-state index < -0.39 is 0 Å². The Hall–Kier alpha value is -1.72. The van der Waals surface area contributed by atoms with E-state index in [1.165, 1.54) is 0 Å². The van der Waals surface area contributed by atoms with Crippen molar-refractivity contribution in [3.63, 3.8) is 0 Å². The van der Waals surface area contributed by atoms with Crippen LogP contribution in [-0.2, 0) is 0 Å². The van der Waals surface area contributed by atoms with E-state index in [0.717, 1.165) is 4.47 Å². The first kappa shape index (κ1) is 14.2. The number of amides is 1. The second-order valence-corrected chi connectivity index (χ2v) is 5.77. The maximum absolute atomic E-state index is 12.3. The maximum Gasteiger partial charge on any atom is 0.255 e. The number of anilines is 1. The molecule has 0 saturated carbocycles. The highest BCUT2D eigenvalue weighted by atomic mass is 79.9. The fourth-order valence-corrected chi connectivity index (χ4v) is 2.68. The molecule has 0 spiro atoms. The summed E-state index contributed by atoms with van der Waals surface area (Å²) in [5.74, 6) is 0.724. The van der Waals surface area contributed by atoms with Gasteiger partial charge in [-0.2, -0.15) is 0 Å². The van der Waals surface area contributed by atoms with E-state index in [9.17, 15) is 4.79 Å². The average molecular weight is 369 g/mol. The standard InChI is InChI=1S/C15H11BrClNO3/c16-10-2-1-3-11(8-10)18-15(19)9-6-12(17)14-13(7-9)20-4-5-21-14/h1-3,6-8H,4-5H2,(H,18,19). The maximum atomic E-state index is 12.3. The molecule has 21 heavy (non-hydrogen) atoms. The van der Waals surface area contributed by atoms with Crippen molar-refractivity contribution >= 4 is 39.1 Å². The summed E-state index contributed by atoms with van der Waals surface area (Å²) in [7, 11) is 0. The number of hydrogen-bond acceptors (Lipinski definition) is 3. The molecular formula is C15H11BrClNO3. The largest absolute Gasteiger partial charge is 0.486 e. The number of carbonyl (C=O) groups is 1. The van der Waals surface area contributed by atoms with Gasteiger partial charge in [-0.1, -0.05) is 33.6 Å². The van der Waals surface area contributed by atoms with Gasteiger partial charge < -0.3 is 14.8 Å². The molecule has 0 aromatic heterocycles. The third-order valence-corrected chi connectivity index (χ3v) is 3.72. The van der Waals surface area contributed by atoms with Crippen LogP contribution in [0.3, 0.4) is 0 Å².